The smallest absolute Gasteiger partial charge is 0.251 e. The van der Waals surface area contributed by atoms with Gasteiger partial charge in [-0.3, -0.25) is 4.79 Å². The molecule has 6 nitrogen and oxygen atoms in total. The third-order valence-corrected chi connectivity index (χ3v) is 8.07. The van der Waals surface area contributed by atoms with Crippen LogP contribution in [0.5, 0.6) is 0 Å². The normalized spacial score (nSPS) is 14.7. The molecule has 1 aliphatic heterocycles. The second-order valence-corrected chi connectivity index (χ2v) is 10.7. The molecule has 0 bridgehead atoms. The standard InChI is InChI=1S/C27H31N3O3S/c1-22-7-5-10-26(21-22)29-16-18-30(19-17-29)34(32,33)20-6-15-28-27(31)25-13-11-24(12-14-25)23-8-3-2-4-9-23/h2-5,7-14,21H,6,15-20H2,1H3,(H,28,31). The van der Waals surface area contributed by atoms with Gasteiger partial charge in [-0.15, -0.1) is 0 Å². The van der Waals surface area contributed by atoms with Crippen molar-refractivity contribution < 1.29 is 13.2 Å². The van der Waals surface area contributed by atoms with Crippen molar-refractivity contribution in [2.45, 2.75) is 13.3 Å². The van der Waals surface area contributed by atoms with Crippen LogP contribution in [0.1, 0.15) is 22.3 Å². The highest BCUT2D eigenvalue weighted by molar-refractivity contribution is 7.89. The van der Waals surface area contributed by atoms with Crippen molar-refractivity contribution in [3.63, 3.8) is 0 Å². The molecule has 1 fully saturated rings. The maximum atomic E-state index is 12.8. The van der Waals surface area contributed by atoms with E-state index in [4.69, 9.17) is 0 Å². The lowest BCUT2D eigenvalue weighted by Crippen LogP contribution is -2.49. The number of carbonyl (C=O) groups is 1. The molecule has 0 aliphatic carbocycles. The van der Waals surface area contributed by atoms with Crippen molar-refractivity contribution in [3.05, 3.63) is 90.0 Å². The number of benzene rings is 3. The summed E-state index contributed by atoms with van der Waals surface area (Å²) in [5.74, 6) is -0.159. The molecule has 34 heavy (non-hydrogen) atoms. The van der Waals surface area contributed by atoms with Crippen LogP contribution in [0.25, 0.3) is 11.1 Å². The SMILES string of the molecule is Cc1cccc(N2CCN(S(=O)(=O)CCCNC(=O)c3ccc(-c4ccccc4)cc3)CC2)c1. The van der Waals surface area contributed by atoms with E-state index >= 15 is 0 Å². The lowest BCUT2D eigenvalue weighted by atomic mass is 10.0. The summed E-state index contributed by atoms with van der Waals surface area (Å²) in [4.78, 5) is 14.7. The molecule has 0 spiro atoms. The Morgan fingerprint density at radius 1 is 0.853 bits per heavy atom. The zero-order valence-electron chi connectivity index (χ0n) is 19.5. The number of piperazine rings is 1. The number of nitrogens with zero attached hydrogens (tertiary/aromatic N) is 2. The summed E-state index contributed by atoms with van der Waals surface area (Å²) < 4.78 is 27.1. The van der Waals surface area contributed by atoms with Crippen molar-refractivity contribution in [3.8, 4) is 11.1 Å². The zero-order chi connectivity index (χ0) is 24.0. The Bertz CT molecular complexity index is 1200. The highest BCUT2D eigenvalue weighted by Crippen LogP contribution is 2.20. The molecule has 7 heteroatoms. The first-order chi connectivity index (χ1) is 16.4. The monoisotopic (exact) mass is 477 g/mol. The van der Waals surface area contributed by atoms with Crippen molar-refractivity contribution in [1.82, 2.24) is 9.62 Å². The predicted octanol–water partition coefficient (Wildman–Crippen LogP) is 3.93. The minimum atomic E-state index is -3.34. The first-order valence-corrected chi connectivity index (χ1v) is 13.3. The van der Waals surface area contributed by atoms with E-state index in [1.807, 2.05) is 48.5 Å². The van der Waals surface area contributed by atoms with E-state index in [0.717, 1.165) is 16.8 Å². The number of rotatable bonds is 8. The molecule has 0 saturated carbocycles. The van der Waals surface area contributed by atoms with Crippen molar-refractivity contribution in [1.29, 1.82) is 0 Å². The molecule has 1 aliphatic rings. The van der Waals surface area contributed by atoms with Crippen LogP contribution in [-0.4, -0.2) is 57.1 Å². The van der Waals surface area contributed by atoms with Crippen LogP contribution in [-0.2, 0) is 10.0 Å². The molecule has 1 saturated heterocycles. The van der Waals surface area contributed by atoms with Gasteiger partial charge in [-0.2, -0.15) is 4.31 Å². The van der Waals surface area contributed by atoms with Crippen LogP contribution in [0.3, 0.4) is 0 Å². The number of anilines is 1. The number of hydrogen-bond acceptors (Lipinski definition) is 4. The zero-order valence-corrected chi connectivity index (χ0v) is 20.3. The Kier molecular flexibility index (Phi) is 7.65. The lowest BCUT2D eigenvalue weighted by molar-refractivity contribution is 0.0953. The van der Waals surface area contributed by atoms with E-state index in [9.17, 15) is 13.2 Å². The third kappa shape index (κ3) is 6.04. The van der Waals surface area contributed by atoms with Crippen LogP contribution in [0.2, 0.25) is 0 Å². The van der Waals surface area contributed by atoms with Crippen LogP contribution < -0.4 is 10.2 Å². The minimum Gasteiger partial charge on any atom is -0.369 e. The molecular weight excluding hydrogens is 446 g/mol. The van der Waals surface area contributed by atoms with Gasteiger partial charge in [-0.1, -0.05) is 54.6 Å². The molecular formula is C27H31N3O3S. The summed E-state index contributed by atoms with van der Waals surface area (Å²) in [5, 5.41) is 2.84. The van der Waals surface area contributed by atoms with Gasteiger partial charge in [0.25, 0.3) is 5.91 Å². The van der Waals surface area contributed by atoms with Crippen molar-refractivity contribution >= 4 is 21.6 Å². The van der Waals surface area contributed by atoms with Gasteiger partial charge in [-0.25, -0.2) is 8.42 Å². The summed E-state index contributed by atoms with van der Waals surface area (Å²) in [5.41, 5.74) is 5.04. The molecule has 1 N–H and O–H groups in total. The van der Waals surface area contributed by atoms with Crippen molar-refractivity contribution in [2.75, 3.05) is 43.4 Å². The van der Waals surface area contributed by atoms with E-state index < -0.39 is 10.0 Å². The molecule has 0 atom stereocenters. The van der Waals surface area contributed by atoms with Crippen molar-refractivity contribution in [2.24, 2.45) is 0 Å². The van der Waals surface area contributed by atoms with Crippen LogP contribution in [0.15, 0.2) is 78.9 Å². The number of carbonyl (C=O) groups excluding carboxylic acids is 1. The third-order valence-electron chi connectivity index (χ3n) is 6.12. The van der Waals surface area contributed by atoms with Gasteiger partial charge >= 0.3 is 0 Å². The van der Waals surface area contributed by atoms with Gasteiger partial charge < -0.3 is 10.2 Å². The molecule has 178 valence electrons. The summed E-state index contributed by atoms with van der Waals surface area (Å²) in [6, 6.07) is 25.7. The van der Waals surface area contributed by atoms with Gasteiger partial charge in [0.2, 0.25) is 10.0 Å². The number of nitrogens with one attached hydrogen (secondary N) is 1. The van der Waals surface area contributed by atoms with E-state index in [1.165, 1.54) is 5.56 Å². The largest absolute Gasteiger partial charge is 0.369 e. The summed E-state index contributed by atoms with van der Waals surface area (Å²) >= 11 is 0. The first kappa shape index (κ1) is 24.0. The van der Waals surface area contributed by atoms with Crippen LogP contribution in [0, 0.1) is 6.92 Å². The summed E-state index contributed by atoms with van der Waals surface area (Å²) in [6.45, 7) is 4.70. The highest BCUT2D eigenvalue weighted by Gasteiger charge is 2.26. The number of amides is 1. The fourth-order valence-corrected chi connectivity index (χ4v) is 5.67. The highest BCUT2D eigenvalue weighted by atomic mass is 32.2. The Balaban J connectivity index is 1.21. The molecule has 0 radical (unpaired) electrons. The number of aryl methyl sites for hydroxylation is 1. The molecule has 1 amide bonds. The van der Waals surface area contributed by atoms with E-state index in [-0.39, 0.29) is 11.7 Å². The molecule has 3 aromatic carbocycles. The number of sulfonamides is 1. The molecule has 1 heterocycles. The quantitative estimate of drug-likeness (QED) is 0.499. The molecule has 3 aromatic rings. The fraction of sp³-hybridized carbons (Fsp3) is 0.296. The molecule has 4 rings (SSSR count). The second-order valence-electron chi connectivity index (χ2n) is 8.59. The molecule has 0 unspecified atom stereocenters. The lowest BCUT2D eigenvalue weighted by Gasteiger charge is -2.35. The van der Waals surface area contributed by atoms with Crippen LogP contribution in [0.4, 0.5) is 5.69 Å². The fourth-order valence-electron chi connectivity index (χ4n) is 4.18. The van der Waals surface area contributed by atoms with Crippen LogP contribution >= 0.6 is 0 Å². The van der Waals surface area contributed by atoms with E-state index in [1.54, 1.807) is 16.4 Å². The Morgan fingerprint density at radius 3 is 2.21 bits per heavy atom. The van der Waals surface area contributed by atoms with Gasteiger partial charge in [0.15, 0.2) is 0 Å². The first-order valence-electron chi connectivity index (χ1n) is 11.7. The van der Waals surface area contributed by atoms with E-state index in [0.29, 0.717) is 44.7 Å². The minimum absolute atomic E-state index is 0.0324. The summed E-state index contributed by atoms with van der Waals surface area (Å²) in [6.07, 6.45) is 0.383. The average Bonchev–Trinajstić information content (AvgIpc) is 2.87. The average molecular weight is 478 g/mol. The van der Waals surface area contributed by atoms with Gasteiger partial charge in [0, 0.05) is 44.0 Å². The summed E-state index contributed by atoms with van der Waals surface area (Å²) in [7, 11) is -3.34. The van der Waals surface area contributed by atoms with E-state index in [2.05, 4.69) is 35.3 Å². The molecule has 0 aromatic heterocycles. The topological polar surface area (TPSA) is 69.7 Å². The predicted molar refractivity (Wildman–Crippen MR) is 138 cm³/mol. The van der Waals surface area contributed by atoms with Gasteiger partial charge in [0.1, 0.15) is 0 Å². The van der Waals surface area contributed by atoms with Gasteiger partial charge in [0.05, 0.1) is 5.75 Å². The Morgan fingerprint density at radius 2 is 1.53 bits per heavy atom. The second kappa shape index (κ2) is 10.8. The van der Waals surface area contributed by atoms with Gasteiger partial charge in [-0.05, 0) is 54.3 Å². The maximum absolute atomic E-state index is 12.8. The Hall–Kier alpha value is -3.16. The number of hydrogen-bond donors (Lipinski definition) is 1. The Labute approximate surface area is 202 Å². The maximum Gasteiger partial charge on any atom is 0.251 e.